The van der Waals surface area contributed by atoms with E-state index < -0.39 is 0 Å². The molecular formula is C15H23NO. The summed E-state index contributed by atoms with van der Waals surface area (Å²) in [5.74, 6) is 1.03. The molecule has 0 aromatic heterocycles. The lowest BCUT2D eigenvalue weighted by atomic mass is 10.1. The van der Waals surface area contributed by atoms with Crippen molar-refractivity contribution in [3.8, 4) is 5.75 Å². The molecule has 1 aliphatic carbocycles. The van der Waals surface area contributed by atoms with E-state index in [1.54, 1.807) is 0 Å². The Hall–Kier alpha value is -1.02. The number of hydrogen-bond acceptors (Lipinski definition) is 2. The molecule has 17 heavy (non-hydrogen) atoms. The fourth-order valence-electron chi connectivity index (χ4n) is 2.58. The van der Waals surface area contributed by atoms with Crippen LogP contribution in [0.1, 0.15) is 38.7 Å². The van der Waals surface area contributed by atoms with Gasteiger partial charge >= 0.3 is 0 Å². The van der Waals surface area contributed by atoms with Gasteiger partial charge in [-0.15, -0.1) is 0 Å². The first-order chi connectivity index (χ1) is 8.33. The van der Waals surface area contributed by atoms with Gasteiger partial charge in [0.2, 0.25) is 0 Å². The van der Waals surface area contributed by atoms with Crippen LogP contribution in [0.5, 0.6) is 5.75 Å². The van der Waals surface area contributed by atoms with Crippen molar-refractivity contribution in [1.29, 1.82) is 0 Å². The van der Waals surface area contributed by atoms with E-state index in [0.29, 0.717) is 12.1 Å². The molecular weight excluding hydrogens is 210 g/mol. The predicted molar refractivity (Wildman–Crippen MR) is 71.6 cm³/mol. The summed E-state index contributed by atoms with van der Waals surface area (Å²) >= 11 is 0. The second-order valence-corrected chi connectivity index (χ2v) is 4.75. The maximum atomic E-state index is 6.12. The monoisotopic (exact) mass is 233 g/mol. The van der Waals surface area contributed by atoms with Crippen LogP contribution in [0.2, 0.25) is 0 Å². The van der Waals surface area contributed by atoms with E-state index in [9.17, 15) is 0 Å². The second kappa shape index (κ2) is 6.06. The number of likely N-dealkylation sites (N-methyl/N-ethyl adjacent to an activating group) is 1. The van der Waals surface area contributed by atoms with E-state index in [2.05, 4.69) is 43.4 Å². The van der Waals surface area contributed by atoms with E-state index in [1.807, 2.05) is 0 Å². The molecule has 2 unspecified atom stereocenters. The van der Waals surface area contributed by atoms with Gasteiger partial charge in [-0.05, 0) is 49.9 Å². The second-order valence-electron chi connectivity index (χ2n) is 4.75. The van der Waals surface area contributed by atoms with Crippen LogP contribution >= 0.6 is 0 Å². The lowest BCUT2D eigenvalue weighted by Gasteiger charge is -2.22. The van der Waals surface area contributed by atoms with Gasteiger partial charge in [0.25, 0.3) is 0 Å². The first kappa shape index (κ1) is 12.4. The van der Waals surface area contributed by atoms with E-state index in [1.165, 1.54) is 24.8 Å². The summed E-state index contributed by atoms with van der Waals surface area (Å²) in [6.07, 6.45) is 5.11. The molecule has 0 spiro atoms. The van der Waals surface area contributed by atoms with Gasteiger partial charge < -0.3 is 10.1 Å². The van der Waals surface area contributed by atoms with Crippen molar-refractivity contribution in [2.75, 3.05) is 6.54 Å². The van der Waals surface area contributed by atoms with Crippen LogP contribution in [0.25, 0.3) is 0 Å². The molecule has 1 aromatic carbocycles. The lowest BCUT2D eigenvalue weighted by Crippen LogP contribution is -2.38. The third-order valence-electron chi connectivity index (χ3n) is 3.51. The standard InChI is InChI=1S/C15H23NO/c1-3-12-7-5-8-13(11-12)17-15-10-6-9-14(15)16-4-2/h5,7-8,11,14-16H,3-4,6,9-10H2,1-2H3. The predicted octanol–water partition coefficient (Wildman–Crippen LogP) is 3.16. The fourth-order valence-corrected chi connectivity index (χ4v) is 2.58. The molecule has 0 aliphatic heterocycles. The summed E-state index contributed by atoms with van der Waals surface area (Å²) in [6, 6.07) is 9.02. The molecule has 2 rings (SSSR count). The first-order valence-corrected chi connectivity index (χ1v) is 6.82. The summed E-state index contributed by atoms with van der Waals surface area (Å²) in [7, 11) is 0. The highest BCUT2D eigenvalue weighted by atomic mass is 16.5. The molecule has 2 nitrogen and oxygen atoms in total. The number of aryl methyl sites for hydroxylation is 1. The van der Waals surface area contributed by atoms with Gasteiger partial charge in [-0.1, -0.05) is 26.0 Å². The SMILES string of the molecule is CCNC1CCCC1Oc1cccc(CC)c1. The van der Waals surface area contributed by atoms with Crippen LogP contribution in [-0.4, -0.2) is 18.7 Å². The summed E-state index contributed by atoms with van der Waals surface area (Å²) in [5, 5.41) is 3.52. The molecule has 94 valence electrons. The molecule has 0 bridgehead atoms. The van der Waals surface area contributed by atoms with Crippen molar-refractivity contribution < 1.29 is 4.74 Å². The van der Waals surface area contributed by atoms with Crippen molar-refractivity contribution >= 4 is 0 Å². The zero-order valence-corrected chi connectivity index (χ0v) is 10.9. The van der Waals surface area contributed by atoms with Gasteiger partial charge in [-0.25, -0.2) is 0 Å². The zero-order chi connectivity index (χ0) is 12.1. The highest BCUT2D eigenvalue weighted by Gasteiger charge is 2.28. The van der Waals surface area contributed by atoms with E-state index >= 15 is 0 Å². The molecule has 1 saturated carbocycles. The topological polar surface area (TPSA) is 21.3 Å². The molecule has 1 N–H and O–H groups in total. The third-order valence-corrected chi connectivity index (χ3v) is 3.51. The maximum absolute atomic E-state index is 6.12. The Kier molecular flexibility index (Phi) is 4.43. The molecule has 1 fully saturated rings. The van der Waals surface area contributed by atoms with E-state index in [4.69, 9.17) is 4.74 Å². The summed E-state index contributed by atoms with van der Waals surface area (Å²) < 4.78 is 6.12. The quantitative estimate of drug-likeness (QED) is 0.843. The van der Waals surface area contributed by atoms with Crippen molar-refractivity contribution in [2.24, 2.45) is 0 Å². The zero-order valence-electron chi connectivity index (χ0n) is 10.9. The van der Waals surface area contributed by atoms with Crippen LogP contribution in [-0.2, 0) is 6.42 Å². The number of benzene rings is 1. The normalized spacial score (nSPS) is 23.9. The number of ether oxygens (including phenoxy) is 1. The molecule has 0 amide bonds. The van der Waals surface area contributed by atoms with Crippen molar-refractivity contribution in [1.82, 2.24) is 5.32 Å². The van der Waals surface area contributed by atoms with Crippen molar-refractivity contribution in [2.45, 2.75) is 51.7 Å². The van der Waals surface area contributed by atoms with Gasteiger partial charge in [0.15, 0.2) is 0 Å². The highest BCUT2D eigenvalue weighted by molar-refractivity contribution is 5.28. The highest BCUT2D eigenvalue weighted by Crippen LogP contribution is 2.25. The van der Waals surface area contributed by atoms with Gasteiger partial charge in [-0.2, -0.15) is 0 Å². The maximum Gasteiger partial charge on any atom is 0.120 e. The van der Waals surface area contributed by atoms with Gasteiger partial charge in [0.1, 0.15) is 11.9 Å². The first-order valence-electron chi connectivity index (χ1n) is 6.82. The average molecular weight is 233 g/mol. The molecule has 0 radical (unpaired) electrons. The molecule has 0 heterocycles. The average Bonchev–Trinajstić information content (AvgIpc) is 2.78. The Morgan fingerprint density at radius 2 is 2.18 bits per heavy atom. The van der Waals surface area contributed by atoms with Gasteiger partial charge in [0, 0.05) is 6.04 Å². The van der Waals surface area contributed by atoms with Crippen LogP contribution in [0.15, 0.2) is 24.3 Å². The summed E-state index contributed by atoms with van der Waals surface area (Å²) in [6.45, 7) is 5.36. The Balaban J connectivity index is 1.99. The number of rotatable bonds is 5. The van der Waals surface area contributed by atoms with Crippen LogP contribution in [0.4, 0.5) is 0 Å². The van der Waals surface area contributed by atoms with Crippen molar-refractivity contribution in [3.63, 3.8) is 0 Å². The minimum atomic E-state index is 0.349. The van der Waals surface area contributed by atoms with Crippen LogP contribution in [0.3, 0.4) is 0 Å². The Bertz CT molecular complexity index is 351. The Morgan fingerprint density at radius 3 is 2.94 bits per heavy atom. The number of hydrogen-bond donors (Lipinski definition) is 1. The van der Waals surface area contributed by atoms with E-state index in [0.717, 1.165) is 18.7 Å². The van der Waals surface area contributed by atoms with Gasteiger partial charge in [-0.3, -0.25) is 0 Å². The Morgan fingerprint density at radius 1 is 1.29 bits per heavy atom. The Labute approximate surface area is 104 Å². The molecule has 0 saturated heterocycles. The molecule has 1 aromatic rings. The molecule has 2 atom stereocenters. The minimum absolute atomic E-state index is 0.349. The minimum Gasteiger partial charge on any atom is -0.489 e. The lowest BCUT2D eigenvalue weighted by molar-refractivity contribution is 0.175. The van der Waals surface area contributed by atoms with Gasteiger partial charge in [0.05, 0.1) is 0 Å². The smallest absolute Gasteiger partial charge is 0.120 e. The van der Waals surface area contributed by atoms with Crippen molar-refractivity contribution in [3.05, 3.63) is 29.8 Å². The third kappa shape index (κ3) is 3.22. The summed E-state index contributed by atoms with van der Waals surface area (Å²) in [4.78, 5) is 0. The summed E-state index contributed by atoms with van der Waals surface area (Å²) in [5.41, 5.74) is 1.35. The molecule has 2 heteroatoms. The fraction of sp³-hybridized carbons (Fsp3) is 0.600. The van der Waals surface area contributed by atoms with E-state index in [-0.39, 0.29) is 0 Å². The largest absolute Gasteiger partial charge is 0.489 e. The van der Waals surface area contributed by atoms with Crippen LogP contribution in [0, 0.1) is 0 Å². The number of nitrogens with one attached hydrogen (secondary N) is 1. The van der Waals surface area contributed by atoms with Crippen LogP contribution < -0.4 is 10.1 Å². The molecule has 1 aliphatic rings.